The van der Waals surface area contributed by atoms with E-state index in [1.54, 1.807) is 18.3 Å². The van der Waals surface area contributed by atoms with Gasteiger partial charge in [0, 0.05) is 5.39 Å². The number of benzene rings is 1. The van der Waals surface area contributed by atoms with Gasteiger partial charge < -0.3 is 10.4 Å². The van der Waals surface area contributed by atoms with Gasteiger partial charge in [0.05, 0.1) is 40.2 Å². The van der Waals surface area contributed by atoms with Crippen molar-refractivity contribution in [3.8, 4) is 10.6 Å². The van der Waals surface area contributed by atoms with E-state index in [0.29, 0.717) is 11.4 Å². The van der Waals surface area contributed by atoms with Crippen LogP contribution in [0.15, 0.2) is 66.9 Å². The lowest BCUT2D eigenvalue weighted by Gasteiger charge is -2.07. The number of aromatic nitrogens is 2. The van der Waals surface area contributed by atoms with Gasteiger partial charge >= 0.3 is 5.97 Å². The molecule has 5 nitrogen and oxygen atoms in total. The SMILES string of the molecule is O=C(O)c1ccc(-c2ccc(NCc3ccc4ccccc4n3)cn2)s1. The van der Waals surface area contributed by atoms with Crippen molar-refractivity contribution >= 4 is 33.9 Å². The first-order chi connectivity index (χ1) is 12.7. The average molecular weight is 361 g/mol. The van der Waals surface area contributed by atoms with Gasteiger partial charge in [-0.25, -0.2) is 4.79 Å². The third-order valence-corrected chi connectivity index (χ3v) is 5.06. The predicted molar refractivity (Wildman–Crippen MR) is 104 cm³/mol. The zero-order valence-electron chi connectivity index (χ0n) is 13.7. The summed E-state index contributed by atoms with van der Waals surface area (Å²) in [6.45, 7) is 0.605. The number of rotatable bonds is 5. The highest BCUT2D eigenvalue weighted by Gasteiger charge is 2.09. The molecule has 1 aromatic carbocycles. The van der Waals surface area contributed by atoms with Crippen LogP contribution >= 0.6 is 11.3 Å². The number of pyridine rings is 2. The molecule has 6 heteroatoms. The monoisotopic (exact) mass is 361 g/mol. The Morgan fingerprint density at radius 2 is 1.92 bits per heavy atom. The average Bonchev–Trinajstić information content (AvgIpc) is 3.17. The largest absolute Gasteiger partial charge is 0.477 e. The Morgan fingerprint density at radius 1 is 1.04 bits per heavy atom. The minimum absolute atomic E-state index is 0.311. The maximum absolute atomic E-state index is 11.0. The van der Waals surface area contributed by atoms with Gasteiger partial charge in [-0.2, -0.15) is 0 Å². The normalized spacial score (nSPS) is 10.8. The molecule has 4 rings (SSSR count). The van der Waals surface area contributed by atoms with Crippen LogP contribution in [0.1, 0.15) is 15.4 Å². The zero-order valence-corrected chi connectivity index (χ0v) is 14.5. The number of nitrogens with one attached hydrogen (secondary N) is 1. The summed E-state index contributed by atoms with van der Waals surface area (Å²) in [4.78, 5) is 21.2. The summed E-state index contributed by atoms with van der Waals surface area (Å²) in [7, 11) is 0. The fraction of sp³-hybridized carbons (Fsp3) is 0.0500. The molecule has 3 aromatic heterocycles. The number of carboxylic acids is 1. The minimum Gasteiger partial charge on any atom is -0.477 e. The number of thiophene rings is 1. The fourth-order valence-electron chi connectivity index (χ4n) is 2.63. The second-order valence-electron chi connectivity index (χ2n) is 5.75. The molecule has 0 unspecified atom stereocenters. The maximum Gasteiger partial charge on any atom is 0.345 e. The lowest BCUT2D eigenvalue weighted by molar-refractivity contribution is 0.0702. The van der Waals surface area contributed by atoms with Crippen molar-refractivity contribution in [1.29, 1.82) is 0 Å². The van der Waals surface area contributed by atoms with Crippen molar-refractivity contribution in [2.45, 2.75) is 6.54 Å². The van der Waals surface area contributed by atoms with Gasteiger partial charge in [-0.1, -0.05) is 24.3 Å². The molecule has 0 fully saturated rings. The smallest absolute Gasteiger partial charge is 0.345 e. The Morgan fingerprint density at radius 3 is 2.69 bits per heavy atom. The zero-order chi connectivity index (χ0) is 17.9. The molecule has 0 radical (unpaired) electrons. The van der Waals surface area contributed by atoms with E-state index in [4.69, 9.17) is 5.11 Å². The maximum atomic E-state index is 11.0. The number of hydrogen-bond donors (Lipinski definition) is 2. The summed E-state index contributed by atoms with van der Waals surface area (Å²) in [6, 6.07) is 19.3. The van der Waals surface area contributed by atoms with Gasteiger partial charge in [0.25, 0.3) is 0 Å². The van der Waals surface area contributed by atoms with Crippen LogP contribution in [-0.4, -0.2) is 21.0 Å². The summed E-state index contributed by atoms with van der Waals surface area (Å²) in [5, 5.41) is 13.4. The number of hydrogen-bond acceptors (Lipinski definition) is 5. The van der Waals surface area contributed by atoms with Crippen molar-refractivity contribution in [3.63, 3.8) is 0 Å². The van der Waals surface area contributed by atoms with E-state index in [2.05, 4.69) is 21.4 Å². The topological polar surface area (TPSA) is 75.1 Å². The number of para-hydroxylation sites is 1. The van der Waals surface area contributed by atoms with Gasteiger partial charge in [0.1, 0.15) is 4.88 Å². The second-order valence-corrected chi connectivity index (χ2v) is 6.83. The Kier molecular flexibility index (Phi) is 4.33. The van der Waals surface area contributed by atoms with E-state index < -0.39 is 5.97 Å². The molecule has 0 saturated carbocycles. The van der Waals surface area contributed by atoms with Crippen molar-refractivity contribution in [2.75, 3.05) is 5.32 Å². The van der Waals surface area contributed by atoms with E-state index in [9.17, 15) is 4.79 Å². The van der Waals surface area contributed by atoms with Gasteiger partial charge in [-0.05, 0) is 36.4 Å². The van der Waals surface area contributed by atoms with E-state index in [-0.39, 0.29) is 0 Å². The van der Waals surface area contributed by atoms with Crippen LogP contribution in [0.25, 0.3) is 21.5 Å². The van der Waals surface area contributed by atoms with Crippen LogP contribution in [-0.2, 0) is 6.54 Å². The van der Waals surface area contributed by atoms with Crippen LogP contribution < -0.4 is 5.32 Å². The Hall–Kier alpha value is -3.25. The Balaban J connectivity index is 1.45. The highest BCUT2D eigenvalue weighted by molar-refractivity contribution is 7.17. The lowest BCUT2D eigenvalue weighted by Crippen LogP contribution is -2.02. The Labute approximate surface area is 154 Å². The summed E-state index contributed by atoms with van der Waals surface area (Å²) in [5.41, 5.74) is 3.58. The highest BCUT2D eigenvalue weighted by atomic mass is 32.1. The first-order valence-corrected chi connectivity index (χ1v) is 8.89. The van der Waals surface area contributed by atoms with Crippen LogP contribution in [0.5, 0.6) is 0 Å². The molecule has 0 aliphatic carbocycles. The standard InChI is InChI=1S/C20H15N3O2S/c24-20(25)19-10-9-18(26-19)17-8-7-14(11-22-17)21-12-15-6-5-13-3-1-2-4-16(13)23-15/h1-11,21H,12H2,(H,24,25). The van der Waals surface area contributed by atoms with Gasteiger partial charge in [0.2, 0.25) is 0 Å². The molecular weight excluding hydrogens is 346 g/mol. The minimum atomic E-state index is -0.914. The molecule has 2 N–H and O–H groups in total. The van der Waals surface area contributed by atoms with Gasteiger partial charge in [-0.3, -0.25) is 9.97 Å². The molecular formula is C20H15N3O2S. The number of carbonyl (C=O) groups is 1. The number of nitrogens with zero attached hydrogens (tertiary/aromatic N) is 2. The summed E-state index contributed by atoms with van der Waals surface area (Å²) >= 11 is 1.22. The van der Waals surface area contributed by atoms with E-state index >= 15 is 0 Å². The van der Waals surface area contributed by atoms with Crippen molar-refractivity contribution < 1.29 is 9.90 Å². The summed E-state index contributed by atoms with van der Waals surface area (Å²) < 4.78 is 0. The lowest BCUT2D eigenvalue weighted by atomic mass is 10.2. The van der Waals surface area contributed by atoms with Crippen molar-refractivity contribution in [2.24, 2.45) is 0 Å². The molecule has 0 spiro atoms. The molecule has 0 amide bonds. The predicted octanol–water partition coefficient (Wildman–Crippen LogP) is 4.67. The van der Waals surface area contributed by atoms with Crippen LogP contribution in [0.2, 0.25) is 0 Å². The van der Waals surface area contributed by atoms with Crippen LogP contribution in [0.3, 0.4) is 0 Å². The number of aromatic carboxylic acids is 1. The molecule has 0 aliphatic rings. The quantitative estimate of drug-likeness (QED) is 0.540. The third-order valence-electron chi connectivity index (χ3n) is 3.96. The van der Waals surface area contributed by atoms with Crippen LogP contribution in [0.4, 0.5) is 5.69 Å². The molecule has 0 bridgehead atoms. The van der Waals surface area contributed by atoms with E-state index in [1.807, 2.05) is 42.5 Å². The van der Waals surface area contributed by atoms with Gasteiger partial charge in [-0.15, -0.1) is 11.3 Å². The van der Waals surface area contributed by atoms with E-state index in [1.165, 1.54) is 11.3 Å². The third kappa shape index (κ3) is 3.41. The molecule has 0 atom stereocenters. The molecule has 0 saturated heterocycles. The second kappa shape index (κ2) is 6.93. The van der Waals surface area contributed by atoms with Gasteiger partial charge in [0.15, 0.2) is 0 Å². The number of fused-ring (bicyclic) bond motifs is 1. The highest BCUT2D eigenvalue weighted by Crippen LogP contribution is 2.27. The van der Waals surface area contributed by atoms with Crippen molar-refractivity contribution in [3.05, 3.63) is 77.4 Å². The molecule has 3 heterocycles. The fourth-order valence-corrected chi connectivity index (χ4v) is 3.46. The number of anilines is 1. The molecule has 26 heavy (non-hydrogen) atoms. The molecule has 0 aliphatic heterocycles. The van der Waals surface area contributed by atoms with Crippen LogP contribution in [0, 0.1) is 0 Å². The number of carboxylic acid groups (broad SMARTS) is 1. The van der Waals surface area contributed by atoms with E-state index in [0.717, 1.165) is 32.9 Å². The van der Waals surface area contributed by atoms with Crippen molar-refractivity contribution in [1.82, 2.24) is 9.97 Å². The first kappa shape index (κ1) is 16.2. The Bertz CT molecular complexity index is 1070. The molecule has 128 valence electrons. The summed E-state index contributed by atoms with van der Waals surface area (Å²) in [6.07, 6.45) is 1.75. The molecule has 4 aromatic rings. The summed E-state index contributed by atoms with van der Waals surface area (Å²) in [5.74, 6) is -0.914. The first-order valence-electron chi connectivity index (χ1n) is 8.07.